The fraction of sp³-hybridized carbons (Fsp3) is 0.455. The third-order valence-electron chi connectivity index (χ3n) is 2.00. The summed E-state index contributed by atoms with van der Waals surface area (Å²) in [6, 6.07) is 0. The van der Waals surface area contributed by atoms with Gasteiger partial charge in [-0.05, 0) is 24.3 Å². The smallest absolute Gasteiger partial charge is 0.00551 e. The summed E-state index contributed by atoms with van der Waals surface area (Å²) >= 11 is 0. The van der Waals surface area contributed by atoms with Gasteiger partial charge in [0.15, 0.2) is 0 Å². The Labute approximate surface area is 69.0 Å². The second-order valence-electron chi connectivity index (χ2n) is 3.17. The van der Waals surface area contributed by atoms with Crippen molar-refractivity contribution in [1.82, 2.24) is 0 Å². The van der Waals surface area contributed by atoms with Crippen molar-refractivity contribution in [3.05, 3.63) is 23.3 Å². The Balaban J connectivity index is 2.94. The molecule has 0 aromatic carbocycles. The predicted octanol–water partition coefficient (Wildman–Crippen LogP) is 2.92. The first-order valence-corrected chi connectivity index (χ1v) is 4.12. The van der Waals surface area contributed by atoms with Crippen molar-refractivity contribution in [2.75, 3.05) is 0 Å². The molecule has 0 nitrogen and oxygen atoms in total. The quantitative estimate of drug-likeness (QED) is 0.499. The zero-order chi connectivity index (χ0) is 8.27. The number of hydrogen-bond acceptors (Lipinski definition) is 0. The van der Waals surface area contributed by atoms with E-state index >= 15 is 0 Å². The summed E-state index contributed by atoms with van der Waals surface area (Å²) in [4.78, 5) is 0. The van der Waals surface area contributed by atoms with E-state index in [-0.39, 0.29) is 0 Å². The molecule has 1 rings (SSSR count). The van der Waals surface area contributed by atoms with Crippen molar-refractivity contribution in [3.63, 3.8) is 0 Å². The van der Waals surface area contributed by atoms with Crippen LogP contribution in [-0.2, 0) is 0 Å². The van der Waals surface area contributed by atoms with Gasteiger partial charge in [0.25, 0.3) is 0 Å². The average molecular weight is 146 g/mol. The van der Waals surface area contributed by atoms with Crippen LogP contribution in [0.5, 0.6) is 0 Å². The SMILES string of the molecule is C#CC1=C(C(C)C)C=CCC1. The van der Waals surface area contributed by atoms with Crippen molar-refractivity contribution >= 4 is 0 Å². The van der Waals surface area contributed by atoms with E-state index in [0.717, 1.165) is 12.8 Å². The van der Waals surface area contributed by atoms with E-state index in [1.807, 2.05) is 0 Å². The van der Waals surface area contributed by atoms with Crippen molar-refractivity contribution in [1.29, 1.82) is 0 Å². The first-order valence-electron chi connectivity index (χ1n) is 4.12. The van der Waals surface area contributed by atoms with Crippen LogP contribution in [-0.4, -0.2) is 0 Å². The summed E-state index contributed by atoms with van der Waals surface area (Å²) in [6.07, 6.45) is 11.9. The molecule has 1 aliphatic rings. The zero-order valence-electron chi connectivity index (χ0n) is 7.22. The third-order valence-corrected chi connectivity index (χ3v) is 2.00. The normalized spacial score (nSPS) is 17.3. The van der Waals surface area contributed by atoms with Gasteiger partial charge in [0.2, 0.25) is 0 Å². The lowest BCUT2D eigenvalue weighted by molar-refractivity contribution is 0.764. The Hall–Kier alpha value is -0.960. The van der Waals surface area contributed by atoms with E-state index in [0.29, 0.717) is 5.92 Å². The number of rotatable bonds is 1. The molecule has 0 amide bonds. The number of terminal acetylenes is 1. The van der Waals surface area contributed by atoms with Crippen LogP contribution >= 0.6 is 0 Å². The predicted molar refractivity (Wildman–Crippen MR) is 49.1 cm³/mol. The molecule has 0 radical (unpaired) electrons. The second kappa shape index (κ2) is 3.44. The van der Waals surface area contributed by atoms with E-state index in [2.05, 4.69) is 31.9 Å². The number of allylic oxidation sites excluding steroid dienone is 4. The summed E-state index contributed by atoms with van der Waals surface area (Å²) < 4.78 is 0. The Kier molecular flexibility index (Phi) is 2.54. The van der Waals surface area contributed by atoms with Crippen LogP contribution in [0.15, 0.2) is 23.3 Å². The average Bonchev–Trinajstić information content (AvgIpc) is 2.04. The minimum Gasteiger partial charge on any atom is -0.115 e. The molecule has 0 aromatic rings. The van der Waals surface area contributed by atoms with Gasteiger partial charge in [-0.25, -0.2) is 0 Å². The molecule has 0 saturated heterocycles. The summed E-state index contributed by atoms with van der Waals surface area (Å²) in [5.41, 5.74) is 2.54. The fourth-order valence-electron chi connectivity index (χ4n) is 1.38. The summed E-state index contributed by atoms with van der Waals surface area (Å²) in [5.74, 6) is 3.33. The molecule has 11 heavy (non-hydrogen) atoms. The molecule has 0 atom stereocenters. The molecule has 0 unspecified atom stereocenters. The second-order valence-corrected chi connectivity index (χ2v) is 3.17. The molecule has 0 heterocycles. The highest BCUT2D eigenvalue weighted by atomic mass is 14.1. The van der Waals surface area contributed by atoms with Gasteiger partial charge in [-0.15, -0.1) is 6.42 Å². The van der Waals surface area contributed by atoms with E-state index in [1.165, 1.54) is 11.1 Å². The Morgan fingerprint density at radius 3 is 2.73 bits per heavy atom. The molecule has 0 aliphatic heterocycles. The van der Waals surface area contributed by atoms with Gasteiger partial charge in [-0.2, -0.15) is 0 Å². The lowest BCUT2D eigenvalue weighted by Crippen LogP contribution is -1.99. The molecule has 0 aromatic heterocycles. The van der Waals surface area contributed by atoms with Gasteiger partial charge < -0.3 is 0 Å². The van der Waals surface area contributed by atoms with E-state index < -0.39 is 0 Å². The maximum Gasteiger partial charge on any atom is 0.00551 e. The largest absolute Gasteiger partial charge is 0.115 e. The minimum absolute atomic E-state index is 0.567. The first kappa shape index (κ1) is 8.14. The number of hydrogen-bond donors (Lipinski definition) is 0. The van der Waals surface area contributed by atoms with Crippen LogP contribution in [0.2, 0.25) is 0 Å². The molecule has 0 bridgehead atoms. The Morgan fingerprint density at radius 2 is 2.27 bits per heavy atom. The molecule has 0 N–H and O–H groups in total. The van der Waals surface area contributed by atoms with Gasteiger partial charge >= 0.3 is 0 Å². The van der Waals surface area contributed by atoms with Crippen LogP contribution in [0.1, 0.15) is 26.7 Å². The monoisotopic (exact) mass is 146 g/mol. The van der Waals surface area contributed by atoms with Gasteiger partial charge in [0, 0.05) is 5.57 Å². The van der Waals surface area contributed by atoms with Crippen molar-refractivity contribution < 1.29 is 0 Å². The van der Waals surface area contributed by atoms with Crippen LogP contribution in [0.3, 0.4) is 0 Å². The molecule has 0 heteroatoms. The maximum atomic E-state index is 5.39. The van der Waals surface area contributed by atoms with Crippen molar-refractivity contribution in [2.24, 2.45) is 5.92 Å². The van der Waals surface area contributed by atoms with Gasteiger partial charge in [0.05, 0.1) is 0 Å². The summed E-state index contributed by atoms with van der Waals surface area (Å²) in [5, 5.41) is 0. The van der Waals surface area contributed by atoms with Crippen molar-refractivity contribution in [2.45, 2.75) is 26.7 Å². The first-order chi connectivity index (χ1) is 5.25. The molecule has 1 aliphatic carbocycles. The molecule has 0 fully saturated rings. The standard InChI is InChI=1S/C11H14/c1-4-10-7-5-6-8-11(10)9(2)3/h1,6,8-9H,5,7H2,2-3H3. The molecular weight excluding hydrogens is 132 g/mol. The van der Waals surface area contributed by atoms with E-state index in [4.69, 9.17) is 6.42 Å². The van der Waals surface area contributed by atoms with E-state index in [9.17, 15) is 0 Å². The fourth-order valence-corrected chi connectivity index (χ4v) is 1.38. The van der Waals surface area contributed by atoms with Crippen LogP contribution in [0.25, 0.3) is 0 Å². The topological polar surface area (TPSA) is 0 Å². The highest BCUT2D eigenvalue weighted by Gasteiger charge is 2.08. The zero-order valence-corrected chi connectivity index (χ0v) is 7.22. The lowest BCUT2D eigenvalue weighted by atomic mass is 9.91. The van der Waals surface area contributed by atoms with E-state index in [1.54, 1.807) is 0 Å². The molecule has 0 saturated carbocycles. The Morgan fingerprint density at radius 1 is 1.55 bits per heavy atom. The van der Waals surface area contributed by atoms with Gasteiger partial charge in [-0.1, -0.05) is 31.9 Å². The van der Waals surface area contributed by atoms with Gasteiger partial charge in [-0.3, -0.25) is 0 Å². The van der Waals surface area contributed by atoms with Crippen molar-refractivity contribution in [3.8, 4) is 12.3 Å². The third kappa shape index (κ3) is 1.74. The molecule has 58 valence electrons. The minimum atomic E-state index is 0.567. The van der Waals surface area contributed by atoms with Crippen LogP contribution in [0, 0.1) is 18.3 Å². The molecular formula is C11H14. The molecule has 0 spiro atoms. The van der Waals surface area contributed by atoms with Gasteiger partial charge in [0.1, 0.15) is 0 Å². The summed E-state index contributed by atoms with van der Waals surface area (Å²) in [6.45, 7) is 4.37. The highest BCUT2D eigenvalue weighted by Crippen LogP contribution is 2.23. The highest BCUT2D eigenvalue weighted by molar-refractivity contribution is 5.40. The maximum absolute atomic E-state index is 5.39. The van der Waals surface area contributed by atoms with Crippen LogP contribution in [0.4, 0.5) is 0 Å². The summed E-state index contributed by atoms with van der Waals surface area (Å²) in [7, 11) is 0. The lowest BCUT2D eigenvalue weighted by Gasteiger charge is -2.14. The Bertz CT molecular complexity index is 233. The van der Waals surface area contributed by atoms with Crippen LogP contribution < -0.4 is 0 Å².